The molecule has 0 amide bonds. The minimum atomic E-state index is -2.84. The lowest BCUT2D eigenvalue weighted by Gasteiger charge is -2.46. The second-order valence-corrected chi connectivity index (χ2v) is 25.5. The van der Waals surface area contributed by atoms with E-state index in [1.165, 1.54) is 0 Å². The molecule has 0 aliphatic carbocycles. The standard InChI is InChI=1S/C13H36O6Si5/c1-11-12-13-14-24(10)18-22(6,7)16-20(2,3)15-21(4,5)17-23(8,9)19-24/h11-13H2,1-10H3. The maximum absolute atomic E-state index is 6.42. The van der Waals surface area contributed by atoms with Crippen LogP contribution in [0.15, 0.2) is 0 Å². The van der Waals surface area contributed by atoms with Gasteiger partial charge in [-0.2, -0.15) is 0 Å². The summed E-state index contributed by atoms with van der Waals surface area (Å²) in [6.07, 6.45) is 2.07. The molecule has 0 spiro atoms. The lowest BCUT2D eigenvalue weighted by Crippen LogP contribution is -2.65. The Labute approximate surface area is 153 Å². The van der Waals surface area contributed by atoms with Crippen LogP contribution in [0, 0.1) is 0 Å². The van der Waals surface area contributed by atoms with Gasteiger partial charge < -0.3 is 25.0 Å². The first kappa shape index (κ1) is 22.9. The Hall–Kier alpha value is 0.844. The van der Waals surface area contributed by atoms with Crippen molar-refractivity contribution in [3.8, 4) is 0 Å². The predicted molar refractivity (Wildman–Crippen MR) is 108 cm³/mol. The van der Waals surface area contributed by atoms with Gasteiger partial charge in [0.05, 0.1) is 0 Å². The van der Waals surface area contributed by atoms with Crippen LogP contribution in [-0.4, -0.2) is 49.7 Å². The molecule has 1 fully saturated rings. The third kappa shape index (κ3) is 8.03. The topological polar surface area (TPSA) is 55.4 Å². The molecule has 24 heavy (non-hydrogen) atoms. The summed E-state index contributed by atoms with van der Waals surface area (Å²) in [4.78, 5) is 0. The van der Waals surface area contributed by atoms with Crippen LogP contribution in [0.1, 0.15) is 19.8 Å². The quantitative estimate of drug-likeness (QED) is 0.492. The predicted octanol–water partition coefficient (Wildman–Crippen LogP) is 4.28. The van der Waals surface area contributed by atoms with Gasteiger partial charge >= 0.3 is 43.0 Å². The SMILES string of the molecule is CCCCO[Si]1(C)O[Si](C)(C)O[Si](C)(C)O[Si](C)(C)O[Si](C)(C)O1. The molecule has 0 unspecified atom stereocenters. The molecule has 11 heteroatoms. The van der Waals surface area contributed by atoms with Crippen molar-refractivity contribution in [3.05, 3.63) is 0 Å². The van der Waals surface area contributed by atoms with Gasteiger partial charge in [0.2, 0.25) is 0 Å². The molecule has 0 radical (unpaired) electrons. The van der Waals surface area contributed by atoms with Crippen LogP contribution in [0.5, 0.6) is 0 Å². The van der Waals surface area contributed by atoms with Crippen molar-refractivity contribution in [2.75, 3.05) is 6.61 Å². The molecule has 144 valence electrons. The van der Waals surface area contributed by atoms with Crippen LogP contribution in [0.25, 0.3) is 0 Å². The van der Waals surface area contributed by atoms with E-state index in [4.69, 9.17) is 25.0 Å². The zero-order valence-corrected chi connectivity index (χ0v) is 22.1. The van der Waals surface area contributed by atoms with Crippen LogP contribution in [0.3, 0.4) is 0 Å². The zero-order chi connectivity index (χ0) is 18.9. The molecular weight excluding hydrogens is 393 g/mol. The Morgan fingerprint density at radius 1 is 0.583 bits per heavy atom. The highest BCUT2D eigenvalue weighted by Gasteiger charge is 2.53. The fourth-order valence-electron chi connectivity index (χ4n) is 3.23. The highest BCUT2D eigenvalue weighted by atomic mass is 28.5. The van der Waals surface area contributed by atoms with Gasteiger partial charge in [0, 0.05) is 13.2 Å². The van der Waals surface area contributed by atoms with E-state index in [-0.39, 0.29) is 0 Å². The van der Waals surface area contributed by atoms with E-state index in [1.807, 2.05) is 6.55 Å². The maximum Gasteiger partial charge on any atom is 0.479 e. The highest BCUT2D eigenvalue weighted by molar-refractivity contribution is 6.92. The Kier molecular flexibility index (Phi) is 7.47. The molecule has 1 saturated heterocycles. The summed E-state index contributed by atoms with van der Waals surface area (Å²) in [6.45, 7) is 21.2. The molecule has 0 aromatic carbocycles. The first-order valence-corrected chi connectivity index (χ1v) is 22.2. The van der Waals surface area contributed by atoms with Gasteiger partial charge in [0.25, 0.3) is 0 Å². The molecule has 0 aromatic heterocycles. The number of unbranched alkanes of at least 4 members (excludes halogenated alkanes) is 1. The largest absolute Gasteiger partial charge is 0.479 e. The lowest BCUT2D eigenvalue weighted by atomic mass is 10.4. The van der Waals surface area contributed by atoms with Gasteiger partial charge in [-0.05, 0) is 58.8 Å². The maximum atomic E-state index is 6.42. The highest BCUT2D eigenvalue weighted by Crippen LogP contribution is 2.31. The molecule has 0 saturated carbocycles. The van der Waals surface area contributed by atoms with Crippen molar-refractivity contribution < 1.29 is 25.0 Å². The van der Waals surface area contributed by atoms with Crippen molar-refractivity contribution in [1.29, 1.82) is 0 Å². The van der Waals surface area contributed by atoms with E-state index < -0.39 is 43.0 Å². The fraction of sp³-hybridized carbons (Fsp3) is 1.00. The van der Waals surface area contributed by atoms with Crippen molar-refractivity contribution in [2.24, 2.45) is 0 Å². The van der Waals surface area contributed by atoms with Gasteiger partial charge in [0.15, 0.2) is 0 Å². The Bertz CT molecular complexity index is 399. The van der Waals surface area contributed by atoms with Crippen LogP contribution in [0.4, 0.5) is 0 Å². The van der Waals surface area contributed by atoms with Crippen molar-refractivity contribution in [1.82, 2.24) is 0 Å². The minimum Gasteiger partial charge on any atom is -0.416 e. The van der Waals surface area contributed by atoms with Gasteiger partial charge in [0.1, 0.15) is 0 Å². The van der Waals surface area contributed by atoms with Crippen molar-refractivity contribution >= 4 is 43.0 Å². The summed E-state index contributed by atoms with van der Waals surface area (Å²) >= 11 is 0. The Morgan fingerprint density at radius 3 is 1.25 bits per heavy atom. The molecule has 6 nitrogen and oxygen atoms in total. The Balaban J connectivity index is 3.14. The second kappa shape index (κ2) is 7.84. The number of hydrogen-bond donors (Lipinski definition) is 0. The van der Waals surface area contributed by atoms with Crippen molar-refractivity contribution in [2.45, 2.75) is 78.7 Å². The van der Waals surface area contributed by atoms with E-state index >= 15 is 0 Å². The smallest absolute Gasteiger partial charge is 0.416 e. The minimum absolute atomic E-state index is 0.645. The molecule has 0 bridgehead atoms. The summed E-state index contributed by atoms with van der Waals surface area (Å²) in [5.41, 5.74) is 0. The molecule has 1 aliphatic heterocycles. The Morgan fingerprint density at radius 2 is 0.917 bits per heavy atom. The molecule has 1 heterocycles. The van der Waals surface area contributed by atoms with Gasteiger partial charge in [-0.1, -0.05) is 13.3 Å². The van der Waals surface area contributed by atoms with Gasteiger partial charge in [-0.25, -0.2) is 0 Å². The molecule has 0 aromatic rings. The van der Waals surface area contributed by atoms with Crippen LogP contribution < -0.4 is 0 Å². The third-order valence-electron chi connectivity index (χ3n) is 3.20. The van der Waals surface area contributed by atoms with E-state index in [0.717, 1.165) is 12.8 Å². The summed E-state index contributed by atoms with van der Waals surface area (Å²) in [5, 5.41) is 0. The van der Waals surface area contributed by atoms with Gasteiger partial charge in [-0.15, -0.1) is 0 Å². The average Bonchev–Trinajstić information content (AvgIpc) is 2.19. The lowest BCUT2D eigenvalue weighted by molar-refractivity contribution is 0.133. The second-order valence-electron chi connectivity index (χ2n) is 8.17. The molecule has 0 N–H and O–H groups in total. The molecule has 1 aliphatic rings. The summed E-state index contributed by atoms with van der Waals surface area (Å²) in [5.74, 6) is 0. The van der Waals surface area contributed by atoms with E-state index in [0.29, 0.717) is 6.61 Å². The summed E-state index contributed by atoms with van der Waals surface area (Å²) in [7, 11) is -12.4. The molecule has 1 rings (SSSR count). The molecular formula is C13H36O6Si5. The first-order chi connectivity index (χ1) is 10.6. The summed E-state index contributed by atoms with van der Waals surface area (Å²) < 4.78 is 38.1. The third-order valence-corrected chi connectivity index (χ3v) is 22.6. The number of hydrogen-bond acceptors (Lipinski definition) is 6. The van der Waals surface area contributed by atoms with E-state index in [2.05, 4.69) is 59.3 Å². The average molecular weight is 429 g/mol. The van der Waals surface area contributed by atoms with Crippen LogP contribution in [-0.2, 0) is 25.0 Å². The van der Waals surface area contributed by atoms with Crippen molar-refractivity contribution in [3.63, 3.8) is 0 Å². The zero-order valence-electron chi connectivity index (χ0n) is 17.1. The van der Waals surface area contributed by atoms with Gasteiger partial charge in [-0.3, -0.25) is 0 Å². The van der Waals surface area contributed by atoms with E-state index in [1.54, 1.807) is 0 Å². The molecule has 0 atom stereocenters. The number of rotatable bonds is 4. The monoisotopic (exact) mass is 428 g/mol. The summed E-state index contributed by atoms with van der Waals surface area (Å²) in [6, 6.07) is 0. The fourth-order valence-corrected chi connectivity index (χ4v) is 28.3. The van der Waals surface area contributed by atoms with Crippen LogP contribution >= 0.6 is 0 Å². The van der Waals surface area contributed by atoms with E-state index in [9.17, 15) is 0 Å². The normalized spacial score (nSPS) is 28.2. The first-order valence-electron chi connectivity index (χ1n) is 8.74. The van der Waals surface area contributed by atoms with Crippen LogP contribution in [0.2, 0.25) is 58.9 Å².